The van der Waals surface area contributed by atoms with Crippen LogP contribution in [0, 0.1) is 11.7 Å². The molecule has 1 atom stereocenters. The number of ether oxygens (including phenoxy) is 1. The van der Waals surface area contributed by atoms with Gasteiger partial charge in [-0.1, -0.05) is 47.3 Å². The average Bonchev–Trinajstić information content (AvgIpc) is 2.78. The summed E-state index contributed by atoms with van der Waals surface area (Å²) in [6, 6.07) is 11.6. The molecule has 0 aromatic heterocycles. The molecule has 31 heavy (non-hydrogen) atoms. The zero-order chi connectivity index (χ0) is 22.4. The molecule has 4 nitrogen and oxygen atoms in total. The van der Waals surface area contributed by atoms with Gasteiger partial charge < -0.3 is 9.64 Å². The number of hydrogen-bond donors (Lipinski definition) is 0. The van der Waals surface area contributed by atoms with Gasteiger partial charge in [0.25, 0.3) is 0 Å². The van der Waals surface area contributed by atoms with Crippen LogP contribution in [0.2, 0.25) is 0 Å². The molecule has 1 unspecified atom stereocenters. The Labute approximate surface area is 192 Å². The summed E-state index contributed by atoms with van der Waals surface area (Å²) in [4.78, 5) is 26.5. The van der Waals surface area contributed by atoms with Crippen molar-refractivity contribution in [3.05, 3.63) is 70.0 Å². The minimum Gasteiger partial charge on any atom is -0.466 e. The fraction of sp³-hybridized carbons (Fsp3) is 0.333. The van der Waals surface area contributed by atoms with Gasteiger partial charge in [-0.05, 0) is 60.4 Å². The summed E-state index contributed by atoms with van der Waals surface area (Å²) in [5, 5.41) is 0. The number of carbonyl (C=O) groups excluding carboxylic acids is 2. The molecule has 1 fully saturated rings. The van der Waals surface area contributed by atoms with Gasteiger partial charge in [-0.15, -0.1) is 0 Å². The molecular formula is C24H24BBrFNO3. The molecule has 0 saturated heterocycles. The highest BCUT2D eigenvalue weighted by molar-refractivity contribution is 9.10. The van der Waals surface area contributed by atoms with E-state index in [1.165, 1.54) is 36.3 Å². The first-order valence-corrected chi connectivity index (χ1v) is 11.1. The molecule has 3 rings (SSSR count). The van der Waals surface area contributed by atoms with E-state index in [0.717, 1.165) is 42.1 Å². The van der Waals surface area contributed by atoms with Gasteiger partial charge in [-0.2, -0.15) is 0 Å². The van der Waals surface area contributed by atoms with Crippen molar-refractivity contribution >= 4 is 47.4 Å². The van der Waals surface area contributed by atoms with E-state index in [-0.39, 0.29) is 11.8 Å². The van der Waals surface area contributed by atoms with Crippen molar-refractivity contribution in [2.24, 2.45) is 5.92 Å². The zero-order valence-electron chi connectivity index (χ0n) is 17.4. The van der Waals surface area contributed by atoms with Crippen LogP contribution in [0.1, 0.15) is 49.2 Å². The molecule has 0 heterocycles. The molecule has 7 heteroatoms. The van der Waals surface area contributed by atoms with Gasteiger partial charge in [0, 0.05) is 28.1 Å². The van der Waals surface area contributed by atoms with Crippen molar-refractivity contribution in [2.45, 2.75) is 38.0 Å². The van der Waals surface area contributed by atoms with E-state index < -0.39 is 17.7 Å². The molecule has 2 aromatic rings. The first kappa shape index (κ1) is 23.3. The third-order valence-corrected chi connectivity index (χ3v) is 6.01. The minimum absolute atomic E-state index is 0.108. The molecule has 1 aliphatic carbocycles. The first-order valence-electron chi connectivity index (χ1n) is 10.3. The van der Waals surface area contributed by atoms with Gasteiger partial charge in [0.05, 0.1) is 7.11 Å². The highest BCUT2D eigenvalue weighted by Crippen LogP contribution is 2.33. The summed E-state index contributed by atoms with van der Waals surface area (Å²) in [5.74, 6) is -2.10. The van der Waals surface area contributed by atoms with Gasteiger partial charge in [-0.25, -0.2) is 9.18 Å². The molecule has 160 valence electrons. The number of nitrogens with zero attached hydrogens (tertiary/aromatic N) is 1. The largest absolute Gasteiger partial charge is 0.466 e. The maximum absolute atomic E-state index is 14.5. The second-order valence-electron chi connectivity index (χ2n) is 7.64. The number of carbonyl (C=O) groups is 2. The highest BCUT2D eigenvalue weighted by Gasteiger charge is 2.30. The number of methoxy groups -OCH3 is 1. The van der Waals surface area contributed by atoms with Crippen LogP contribution in [0.5, 0.6) is 0 Å². The summed E-state index contributed by atoms with van der Waals surface area (Å²) in [6.45, 7) is 0. The average molecular weight is 484 g/mol. The summed E-state index contributed by atoms with van der Waals surface area (Å²) in [6.07, 6.45) is 7.36. The first-order chi connectivity index (χ1) is 14.9. The van der Waals surface area contributed by atoms with Crippen molar-refractivity contribution in [1.29, 1.82) is 0 Å². The second kappa shape index (κ2) is 10.8. The minimum atomic E-state index is -0.776. The Morgan fingerprint density at radius 3 is 2.48 bits per heavy atom. The van der Waals surface area contributed by atoms with Crippen molar-refractivity contribution in [2.75, 3.05) is 12.0 Å². The monoisotopic (exact) mass is 483 g/mol. The molecule has 0 N–H and O–H groups in total. The molecular weight excluding hydrogens is 460 g/mol. The highest BCUT2D eigenvalue weighted by atomic mass is 79.9. The normalized spacial score (nSPS) is 15.6. The number of hydrogen-bond acceptors (Lipinski definition) is 3. The van der Waals surface area contributed by atoms with Crippen molar-refractivity contribution in [1.82, 2.24) is 0 Å². The lowest BCUT2D eigenvalue weighted by molar-refractivity contribution is -0.134. The summed E-state index contributed by atoms with van der Waals surface area (Å²) in [7, 11) is 7.82. The summed E-state index contributed by atoms with van der Waals surface area (Å²) >= 11 is 3.41. The quantitative estimate of drug-likeness (QED) is 0.307. The Balaban J connectivity index is 2.01. The Morgan fingerprint density at radius 2 is 1.84 bits per heavy atom. The number of halogens is 2. The predicted octanol–water partition coefficient (Wildman–Crippen LogP) is 5.56. The van der Waals surface area contributed by atoms with Crippen molar-refractivity contribution in [3.63, 3.8) is 0 Å². The Morgan fingerprint density at radius 1 is 1.16 bits per heavy atom. The standard InChI is InChI=1S/C24H24BBrFNO3/c1-31-22(29)12-7-16-13-20(27)15-21(14-16)28(24(30)18-5-3-2-4-6-18)23(25)17-8-10-19(26)11-9-17/h7-15,18,23H,2-6H2,1H3/b12-7+. The molecule has 0 aliphatic heterocycles. The molecule has 1 amide bonds. The molecule has 2 radical (unpaired) electrons. The molecule has 0 bridgehead atoms. The molecule has 2 aromatic carbocycles. The van der Waals surface area contributed by atoms with Crippen LogP contribution in [0.15, 0.2) is 53.0 Å². The Kier molecular flexibility index (Phi) is 8.07. The molecule has 1 aliphatic rings. The summed E-state index contributed by atoms with van der Waals surface area (Å²) in [5.41, 5.74) is 1.53. The lowest BCUT2D eigenvalue weighted by Crippen LogP contribution is -2.40. The van der Waals surface area contributed by atoms with Crippen LogP contribution < -0.4 is 4.90 Å². The van der Waals surface area contributed by atoms with Crippen molar-refractivity contribution in [3.8, 4) is 0 Å². The third kappa shape index (κ3) is 6.07. The maximum atomic E-state index is 14.5. The lowest BCUT2D eigenvalue weighted by Gasteiger charge is -2.35. The maximum Gasteiger partial charge on any atom is 0.330 e. The van der Waals surface area contributed by atoms with E-state index in [4.69, 9.17) is 7.85 Å². The Bertz CT molecular complexity index is 958. The zero-order valence-corrected chi connectivity index (χ0v) is 19.0. The van der Waals surface area contributed by atoms with Gasteiger partial charge in [-0.3, -0.25) is 4.79 Å². The fourth-order valence-corrected chi connectivity index (χ4v) is 4.11. The van der Waals surface area contributed by atoms with E-state index in [0.29, 0.717) is 11.3 Å². The van der Waals surface area contributed by atoms with E-state index >= 15 is 0 Å². The second-order valence-corrected chi connectivity index (χ2v) is 8.55. The number of anilines is 1. The fourth-order valence-electron chi connectivity index (χ4n) is 3.84. The van der Waals surface area contributed by atoms with Gasteiger partial charge in [0.1, 0.15) is 13.7 Å². The predicted molar refractivity (Wildman–Crippen MR) is 124 cm³/mol. The smallest absolute Gasteiger partial charge is 0.330 e. The molecule has 0 spiro atoms. The topological polar surface area (TPSA) is 46.6 Å². The number of benzene rings is 2. The van der Waals surface area contributed by atoms with Crippen LogP contribution in [-0.2, 0) is 14.3 Å². The van der Waals surface area contributed by atoms with E-state index in [1.54, 1.807) is 6.07 Å². The molecule has 1 saturated carbocycles. The van der Waals surface area contributed by atoms with Crippen LogP contribution >= 0.6 is 15.9 Å². The van der Waals surface area contributed by atoms with Gasteiger partial charge in [0.15, 0.2) is 0 Å². The SMILES string of the molecule is [B]C(c1ccc(Br)cc1)N(C(=O)C1CCCCC1)c1cc(F)cc(/C=C/C(=O)OC)c1. The van der Waals surface area contributed by atoms with Crippen LogP contribution in [0.25, 0.3) is 6.08 Å². The van der Waals surface area contributed by atoms with Gasteiger partial charge >= 0.3 is 5.97 Å². The van der Waals surface area contributed by atoms with Crippen LogP contribution in [-0.4, -0.2) is 26.8 Å². The lowest BCUT2D eigenvalue weighted by atomic mass is 9.83. The van der Waals surface area contributed by atoms with E-state index in [1.807, 2.05) is 24.3 Å². The van der Waals surface area contributed by atoms with E-state index in [9.17, 15) is 14.0 Å². The Hall–Kier alpha value is -2.41. The van der Waals surface area contributed by atoms with Crippen molar-refractivity contribution < 1.29 is 18.7 Å². The summed E-state index contributed by atoms with van der Waals surface area (Å²) < 4.78 is 20.0. The van der Waals surface area contributed by atoms with Crippen LogP contribution in [0.3, 0.4) is 0 Å². The van der Waals surface area contributed by atoms with E-state index in [2.05, 4.69) is 20.7 Å². The van der Waals surface area contributed by atoms with Crippen LogP contribution in [0.4, 0.5) is 10.1 Å². The number of amides is 1. The van der Waals surface area contributed by atoms with Gasteiger partial charge in [0.2, 0.25) is 5.91 Å². The number of esters is 1. The number of rotatable bonds is 6. The third-order valence-electron chi connectivity index (χ3n) is 5.48.